The Morgan fingerprint density at radius 1 is 1.03 bits per heavy atom. The second-order valence-corrected chi connectivity index (χ2v) is 8.14. The first-order valence-electron chi connectivity index (χ1n) is 10.7. The first-order valence-corrected chi connectivity index (χ1v) is 10.7. The Kier molecular flexibility index (Phi) is 5.50. The number of ether oxygens (including phenoxy) is 3. The van der Waals surface area contributed by atoms with Crippen molar-refractivity contribution in [3.63, 3.8) is 0 Å². The number of aromatic nitrogens is 3. The maximum absolute atomic E-state index is 15.1. The molecule has 3 aromatic rings. The second kappa shape index (κ2) is 8.46. The van der Waals surface area contributed by atoms with Gasteiger partial charge < -0.3 is 19.5 Å². The molecule has 2 fully saturated rings. The zero-order valence-corrected chi connectivity index (χ0v) is 18.0. The quantitative estimate of drug-likeness (QED) is 0.604. The van der Waals surface area contributed by atoms with E-state index < -0.39 is 11.6 Å². The Labute approximate surface area is 184 Å². The zero-order valence-electron chi connectivity index (χ0n) is 18.0. The second-order valence-electron chi connectivity index (χ2n) is 8.14. The zero-order chi connectivity index (χ0) is 22.2. The van der Waals surface area contributed by atoms with E-state index in [2.05, 4.69) is 15.3 Å². The van der Waals surface area contributed by atoms with Crippen molar-refractivity contribution in [2.75, 3.05) is 32.8 Å². The topological polar surface area (TPSA) is 78.4 Å². The molecule has 0 radical (unpaired) electrons. The molecule has 7 nitrogen and oxygen atoms in total. The van der Waals surface area contributed by atoms with Gasteiger partial charge in [0.2, 0.25) is 5.95 Å². The summed E-state index contributed by atoms with van der Waals surface area (Å²) in [5.74, 6) is -1.16. The third kappa shape index (κ3) is 3.81. The van der Waals surface area contributed by atoms with E-state index in [0.717, 1.165) is 38.0 Å². The van der Waals surface area contributed by atoms with Crippen molar-refractivity contribution >= 4 is 16.9 Å². The number of methoxy groups -OCH3 is 2. The Balaban J connectivity index is 1.61. The molecule has 0 bridgehead atoms. The van der Waals surface area contributed by atoms with E-state index in [4.69, 9.17) is 19.2 Å². The molecule has 3 heterocycles. The van der Waals surface area contributed by atoms with Gasteiger partial charge in [0.15, 0.2) is 23.1 Å². The van der Waals surface area contributed by atoms with E-state index in [9.17, 15) is 0 Å². The van der Waals surface area contributed by atoms with Gasteiger partial charge in [-0.25, -0.2) is 18.7 Å². The lowest BCUT2D eigenvalue weighted by Gasteiger charge is -2.23. The number of anilines is 1. The summed E-state index contributed by atoms with van der Waals surface area (Å²) < 4.78 is 45.9. The molecule has 5 rings (SSSR count). The van der Waals surface area contributed by atoms with Crippen LogP contribution in [0.15, 0.2) is 18.3 Å². The number of nitrogens with zero attached hydrogens (tertiary/aromatic N) is 3. The van der Waals surface area contributed by atoms with Gasteiger partial charge in [0.1, 0.15) is 0 Å². The summed E-state index contributed by atoms with van der Waals surface area (Å²) in [5, 5.41) is 4.00. The summed E-state index contributed by atoms with van der Waals surface area (Å²) in [5.41, 5.74) is 1.30. The van der Waals surface area contributed by atoms with Crippen LogP contribution >= 0.6 is 0 Å². The highest BCUT2D eigenvalue weighted by molar-refractivity contribution is 5.86. The molecule has 1 saturated heterocycles. The predicted molar refractivity (Wildman–Crippen MR) is 115 cm³/mol. The summed E-state index contributed by atoms with van der Waals surface area (Å²) in [6, 6.07) is 2.95. The maximum atomic E-state index is 15.1. The summed E-state index contributed by atoms with van der Waals surface area (Å²) >= 11 is 0. The molecule has 168 valence electrons. The lowest BCUT2D eigenvalue weighted by molar-refractivity contribution is 0.0874. The first-order chi connectivity index (χ1) is 15.6. The average molecular weight is 442 g/mol. The molecule has 9 heteroatoms. The van der Waals surface area contributed by atoms with E-state index >= 15 is 8.78 Å². The van der Waals surface area contributed by atoms with Crippen LogP contribution in [0.25, 0.3) is 22.2 Å². The number of pyridine rings is 1. The van der Waals surface area contributed by atoms with Crippen molar-refractivity contribution in [3.05, 3.63) is 35.7 Å². The van der Waals surface area contributed by atoms with Crippen LogP contribution in [-0.2, 0) is 4.74 Å². The van der Waals surface area contributed by atoms with Crippen LogP contribution in [0.4, 0.5) is 14.7 Å². The molecule has 1 N–H and O–H groups in total. The molecule has 32 heavy (non-hydrogen) atoms. The van der Waals surface area contributed by atoms with E-state index in [-0.39, 0.29) is 34.7 Å². The van der Waals surface area contributed by atoms with Crippen molar-refractivity contribution in [2.24, 2.45) is 0 Å². The van der Waals surface area contributed by atoms with E-state index in [1.807, 2.05) is 0 Å². The Morgan fingerprint density at radius 2 is 1.78 bits per heavy atom. The van der Waals surface area contributed by atoms with Gasteiger partial charge in [0, 0.05) is 30.2 Å². The highest BCUT2D eigenvalue weighted by atomic mass is 19.1. The van der Waals surface area contributed by atoms with Gasteiger partial charge in [-0.1, -0.05) is 0 Å². The lowest BCUT2D eigenvalue weighted by Crippen LogP contribution is -2.30. The fourth-order valence-corrected chi connectivity index (χ4v) is 4.05. The third-order valence-electron chi connectivity index (χ3n) is 5.88. The van der Waals surface area contributed by atoms with Crippen molar-refractivity contribution in [1.29, 1.82) is 0 Å². The van der Waals surface area contributed by atoms with E-state index in [1.54, 1.807) is 12.3 Å². The van der Waals surface area contributed by atoms with Crippen molar-refractivity contribution in [3.8, 4) is 22.8 Å². The molecule has 2 aromatic heterocycles. The molecule has 2 aliphatic rings. The molecule has 0 amide bonds. The van der Waals surface area contributed by atoms with Gasteiger partial charge >= 0.3 is 0 Å². The van der Waals surface area contributed by atoms with Gasteiger partial charge in [-0.05, 0) is 31.7 Å². The van der Waals surface area contributed by atoms with Crippen molar-refractivity contribution in [1.82, 2.24) is 15.0 Å². The van der Waals surface area contributed by atoms with Crippen LogP contribution in [0.1, 0.15) is 37.3 Å². The maximum Gasteiger partial charge on any atom is 0.223 e. The molecular weight excluding hydrogens is 418 g/mol. The molecule has 1 atom stereocenters. The van der Waals surface area contributed by atoms with Gasteiger partial charge in [-0.3, -0.25) is 4.98 Å². The highest BCUT2D eigenvalue weighted by Crippen LogP contribution is 2.44. The van der Waals surface area contributed by atoms with Crippen LogP contribution in [0.3, 0.4) is 0 Å². The number of halogens is 2. The van der Waals surface area contributed by atoms with Gasteiger partial charge in [-0.2, -0.15) is 0 Å². The first kappa shape index (κ1) is 20.8. The fourth-order valence-electron chi connectivity index (χ4n) is 4.05. The molecule has 1 aliphatic carbocycles. The SMILES string of the molecule is COc1cc(OC)c(F)c(-c2cc3cnc(N[C@H]4CCCOC4)nc3c(C3CC3)n2)c1F. The molecule has 1 aliphatic heterocycles. The van der Waals surface area contributed by atoms with Gasteiger partial charge in [0.05, 0.1) is 49.3 Å². The van der Waals surface area contributed by atoms with Gasteiger partial charge in [0.25, 0.3) is 0 Å². The number of benzene rings is 1. The minimum absolute atomic E-state index is 0.112. The highest BCUT2D eigenvalue weighted by Gasteiger charge is 2.30. The fraction of sp³-hybridized carbons (Fsp3) is 0.435. The Morgan fingerprint density at radius 3 is 2.41 bits per heavy atom. The van der Waals surface area contributed by atoms with Crippen LogP contribution < -0.4 is 14.8 Å². The minimum Gasteiger partial charge on any atom is -0.494 e. The molecule has 1 aromatic carbocycles. The monoisotopic (exact) mass is 442 g/mol. The summed E-state index contributed by atoms with van der Waals surface area (Å²) in [4.78, 5) is 13.8. The number of hydrogen-bond acceptors (Lipinski definition) is 7. The number of nitrogens with one attached hydrogen (secondary N) is 1. The van der Waals surface area contributed by atoms with E-state index in [1.165, 1.54) is 20.3 Å². The number of fused-ring (bicyclic) bond motifs is 1. The molecule has 1 saturated carbocycles. The van der Waals surface area contributed by atoms with Crippen LogP contribution in [-0.4, -0.2) is 48.4 Å². The largest absolute Gasteiger partial charge is 0.494 e. The van der Waals surface area contributed by atoms with Crippen LogP contribution in [0.5, 0.6) is 11.5 Å². The van der Waals surface area contributed by atoms with Gasteiger partial charge in [-0.15, -0.1) is 0 Å². The molecule has 0 spiro atoms. The Bertz CT molecular complexity index is 1140. The summed E-state index contributed by atoms with van der Waals surface area (Å²) in [7, 11) is 2.64. The predicted octanol–water partition coefficient (Wildman–Crippen LogP) is 4.46. The van der Waals surface area contributed by atoms with Crippen LogP contribution in [0, 0.1) is 11.6 Å². The smallest absolute Gasteiger partial charge is 0.223 e. The van der Waals surface area contributed by atoms with Crippen molar-refractivity contribution in [2.45, 2.75) is 37.6 Å². The lowest BCUT2D eigenvalue weighted by atomic mass is 10.0. The van der Waals surface area contributed by atoms with E-state index in [0.29, 0.717) is 23.5 Å². The Hall–Kier alpha value is -3.07. The molecular formula is C23H24F2N4O3. The van der Waals surface area contributed by atoms with Crippen molar-refractivity contribution < 1.29 is 23.0 Å². The molecule has 0 unspecified atom stereocenters. The summed E-state index contributed by atoms with van der Waals surface area (Å²) in [6.45, 7) is 1.39. The average Bonchev–Trinajstić information content (AvgIpc) is 3.65. The number of rotatable bonds is 6. The summed E-state index contributed by atoms with van der Waals surface area (Å²) in [6.07, 6.45) is 5.57. The van der Waals surface area contributed by atoms with Crippen LogP contribution in [0.2, 0.25) is 0 Å². The number of hydrogen-bond donors (Lipinski definition) is 1. The standard InChI is InChI=1S/C23H24F2N4O3/c1-30-16-9-17(31-2)20(25)18(19(16)24)15-8-13-10-26-23(27-14-4-3-7-32-11-14)29-22(13)21(28-15)12-5-6-12/h8-10,12,14H,3-7,11H2,1-2H3,(H,26,27,29)/t14-/m0/s1. The normalized spacial score (nSPS) is 18.6. The minimum atomic E-state index is -0.823. The third-order valence-corrected chi connectivity index (χ3v) is 5.88.